The fraction of sp³-hybridized carbons (Fsp3) is 0.615. The second-order valence-electron chi connectivity index (χ2n) is 4.93. The van der Waals surface area contributed by atoms with Gasteiger partial charge in [0, 0.05) is 6.54 Å². The monoisotopic (exact) mass is 265 g/mol. The van der Waals surface area contributed by atoms with Gasteiger partial charge >= 0.3 is 5.97 Å². The van der Waals surface area contributed by atoms with Crippen molar-refractivity contribution in [1.29, 1.82) is 0 Å². The predicted octanol–water partition coefficient (Wildman–Crippen LogP) is 1.48. The first-order valence-corrected chi connectivity index (χ1v) is 6.41. The van der Waals surface area contributed by atoms with Crippen molar-refractivity contribution in [3.05, 3.63) is 11.9 Å². The summed E-state index contributed by atoms with van der Waals surface area (Å²) in [6.07, 6.45) is 3.31. The van der Waals surface area contributed by atoms with E-state index in [-0.39, 0.29) is 5.92 Å². The van der Waals surface area contributed by atoms with Crippen LogP contribution in [0.2, 0.25) is 0 Å². The van der Waals surface area contributed by atoms with Crippen molar-refractivity contribution < 1.29 is 14.6 Å². The van der Waals surface area contributed by atoms with Gasteiger partial charge in [0.2, 0.25) is 5.88 Å². The van der Waals surface area contributed by atoms with Crippen molar-refractivity contribution in [2.45, 2.75) is 32.7 Å². The van der Waals surface area contributed by atoms with Crippen LogP contribution in [0.15, 0.2) is 6.33 Å². The lowest BCUT2D eigenvalue weighted by Gasteiger charge is -2.38. The lowest BCUT2D eigenvalue weighted by molar-refractivity contribution is -0.140. The molecule has 6 heteroatoms. The largest absolute Gasteiger partial charge is 0.481 e. The van der Waals surface area contributed by atoms with Gasteiger partial charge in [0.05, 0.1) is 12.7 Å². The molecule has 1 aliphatic rings. The Kier molecular flexibility index (Phi) is 3.87. The number of nitrogens with zero attached hydrogens (tertiary/aromatic N) is 3. The molecule has 19 heavy (non-hydrogen) atoms. The second-order valence-corrected chi connectivity index (χ2v) is 4.93. The third-order valence-electron chi connectivity index (χ3n) is 3.66. The van der Waals surface area contributed by atoms with E-state index in [2.05, 4.69) is 9.97 Å². The minimum Gasteiger partial charge on any atom is -0.481 e. The Morgan fingerprint density at radius 2 is 2.26 bits per heavy atom. The highest BCUT2D eigenvalue weighted by Gasteiger charge is 2.36. The van der Waals surface area contributed by atoms with Gasteiger partial charge in [-0.15, -0.1) is 0 Å². The summed E-state index contributed by atoms with van der Waals surface area (Å²) in [5.74, 6) is 0.453. The molecule has 6 nitrogen and oxygen atoms in total. The molecule has 2 atom stereocenters. The summed E-state index contributed by atoms with van der Waals surface area (Å²) in [6.45, 7) is 4.52. The zero-order valence-corrected chi connectivity index (χ0v) is 11.5. The van der Waals surface area contributed by atoms with Crippen LogP contribution in [0.1, 0.15) is 25.3 Å². The van der Waals surface area contributed by atoms with Crippen molar-refractivity contribution in [3.8, 4) is 5.88 Å². The molecular weight excluding hydrogens is 246 g/mol. The topological polar surface area (TPSA) is 75.6 Å². The van der Waals surface area contributed by atoms with Crippen LogP contribution in [0, 0.1) is 12.8 Å². The lowest BCUT2D eigenvalue weighted by atomic mass is 9.90. The summed E-state index contributed by atoms with van der Waals surface area (Å²) >= 11 is 0. The molecule has 104 valence electrons. The van der Waals surface area contributed by atoms with Gasteiger partial charge in [0.1, 0.15) is 18.2 Å². The number of rotatable bonds is 3. The van der Waals surface area contributed by atoms with Crippen LogP contribution in [0.25, 0.3) is 0 Å². The molecule has 0 aliphatic carbocycles. The summed E-state index contributed by atoms with van der Waals surface area (Å²) in [4.78, 5) is 21.6. The number of carboxylic acids is 1. The number of anilines is 1. The normalized spacial score (nSPS) is 23.2. The van der Waals surface area contributed by atoms with Crippen molar-refractivity contribution in [3.63, 3.8) is 0 Å². The van der Waals surface area contributed by atoms with Crippen LogP contribution in [-0.4, -0.2) is 40.7 Å². The van der Waals surface area contributed by atoms with Gasteiger partial charge in [0.25, 0.3) is 0 Å². The molecule has 0 saturated carbocycles. The molecule has 1 fully saturated rings. The number of carboxylic acid groups (broad SMARTS) is 1. The minimum absolute atomic E-state index is 0.103. The smallest absolute Gasteiger partial charge is 0.326 e. The first-order chi connectivity index (χ1) is 9.06. The standard InChI is InChI=1S/C13H19N3O3/c1-8-5-4-6-16(10(8)13(17)18)11-9(2)12(19-3)15-7-14-11/h7-8,10H,4-6H2,1-3H3,(H,17,18). The number of aliphatic carboxylic acids is 1. The first-order valence-electron chi connectivity index (χ1n) is 6.41. The number of ether oxygens (including phenoxy) is 1. The van der Waals surface area contributed by atoms with Gasteiger partial charge in [-0.25, -0.2) is 14.8 Å². The Morgan fingerprint density at radius 1 is 1.53 bits per heavy atom. The average Bonchev–Trinajstić information content (AvgIpc) is 2.38. The molecular formula is C13H19N3O3. The van der Waals surface area contributed by atoms with E-state index in [1.807, 2.05) is 18.7 Å². The molecule has 0 aromatic carbocycles. The Morgan fingerprint density at radius 3 is 2.89 bits per heavy atom. The number of methoxy groups -OCH3 is 1. The van der Waals surface area contributed by atoms with Gasteiger partial charge in [0.15, 0.2) is 0 Å². The van der Waals surface area contributed by atoms with E-state index < -0.39 is 12.0 Å². The van der Waals surface area contributed by atoms with Crippen molar-refractivity contribution in [2.24, 2.45) is 5.92 Å². The Hall–Kier alpha value is -1.85. The molecule has 1 aromatic heterocycles. The van der Waals surface area contributed by atoms with Gasteiger partial charge in [-0.2, -0.15) is 0 Å². The predicted molar refractivity (Wildman–Crippen MR) is 70.5 cm³/mol. The minimum atomic E-state index is -0.802. The van der Waals surface area contributed by atoms with E-state index in [4.69, 9.17) is 4.74 Å². The van der Waals surface area contributed by atoms with E-state index >= 15 is 0 Å². The van der Waals surface area contributed by atoms with Crippen molar-refractivity contribution in [1.82, 2.24) is 9.97 Å². The fourth-order valence-corrected chi connectivity index (χ4v) is 2.72. The van der Waals surface area contributed by atoms with Gasteiger partial charge in [-0.3, -0.25) is 0 Å². The van der Waals surface area contributed by atoms with Crippen molar-refractivity contribution in [2.75, 3.05) is 18.6 Å². The zero-order valence-electron chi connectivity index (χ0n) is 11.5. The second kappa shape index (κ2) is 5.42. The molecule has 0 radical (unpaired) electrons. The van der Waals surface area contributed by atoms with E-state index in [9.17, 15) is 9.90 Å². The SMILES string of the molecule is COc1ncnc(N2CCCC(C)C2C(=O)O)c1C. The van der Waals surface area contributed by atoms with Gasteiger partial charge in [-0.05, 0) is 25.7 Å². The molecule has 2 heterocycles. The number of hydrogen-bond acceptors (Lipinski definition) is 5. The average molecular weight is 265 g/mol. The van der Waals surface area contributed by atoms with E-state index in [0.29, 0.717) is 18.2 Å². The molecule has 0 bridgehead atoms. The fourth-order valence-electron chi connectivity index (χ4n) is 2.72. The maximum Gasteiger partial charge on any atom is 0.326 e. The number of aromatic nitrogens is 2. The van der Waals surface area contributed by atoms with Crippen LogP contribution in [0.5, 0.6) is 5.88 Å². The van der Waals surface area contributed by atoms with Gasteiger partial charge < -0.3 is 14.7 Å². The zero-order chi connectivity index (χ0) is 14.0. The highest BCUT2D eigenvalue weighted by Crippen LogP contribution is 2.31. The van der Waals surface area contributed by atoms with Crippen LogP contribution in [-0.2, 0) is 4.79 Å². The van der Waals surface area contributed by atoms with E-state index in [0.717, 1.165) is 18.4 Å². The molecule has 1 N–H and O–H groups in total. The summed E-state index contributed by atoms with van der Waals surface area (Å²) < 4.78 is 5.17. The molecule has 2 unspecified atom stereocenters. The lowest BCUT2D eigenvalue weighted by Crippen LogP contribution is -2.50. The third kappa shape index (κ3) is 2.47. The molecule has 1 aromatic rings. The summed E-state index contributed by atoms with van der Waals surface area (Å²) in [5.41, 5.74) is 0.783. The number of hydrogen-bond donors (Lipinski definition) is 1. The van der Waals surface area contributed by atoms with E-state index in [1.54, 1.807) is 7.11 Å². The summed E-state index contributed by atoms with van der Waals surface area (Å²) in [6, 6.07) is -0.535. The highest BCUT2D eigenvalue weighted by molar-refractivity contribution is 5.79. The quantitative estimate of drug-likeness (QED) is 0.892. The first kappa shape index (κ1) is 13.6. The van der Waals surface area contributed by atoms with Gasteiger partial charge in [-0.1, -0.05) is 6.92 Å². The maximum atomic E-state index is 11.5. The van der Waals surface area contributed by atoms with Crippen LogP contribution in [0.4, 0.5) is 5.82 Å². The molecule has 0 amide bonds. The van der Waals surface area contributed by atoms with Crippen LogP contribution < -0.4 is 9.64 Å². The Balaban J connectivity index is 2.41. The molecule has 2 rings (SSSR count). The maximum absolute atomic E-state index is 11.5. The number of piperidine rings is 1. The van der Waals surface area contributed by atoms with Crippen molar-refractivity contribution >= 4 is 11.8 Å². The Bertz CT molecular complexity index is 478. The summed E-state index contributed by atoms with van der Waals surface area (Å²) in [5, 5.41) is 9.44. The highest BCUT2D eigenvalue weighted by atomic mass is 16.5. The third-order valence-corrected chi connectivity index (χ3v) is 3.66. The molecule has 1 saturated heterocycles. The number of carbonyl (C=O) groups is 1. The molecule has 0 spiro atoms. The molecule has 1 aliphatic heterocycles. The van der Waals surface area contributed by atoms with Crippen LogP contribution in [0.3, 0.4) is 0 Å². The van der Waals surface area contributed by atoms with E-state index in [1.165, 1.54) is 6.33 Å². The summed E-state index contributed by atoms with van der Waals surface area (Å²) in [7, 11) is 1.55. The Labute approximate surface area is 112 Å². The van der Waals surface area contributed by atoms with Crippen LogP contribution >= 0.6 is 0 Å².